The first-order valence-electron chi connectivity index (χ1n) is 6.33. The summed E-state index contributed by atoms with van der Waals surface area (Å²) in [5, 5.41) is 3.81. The van der Waals surface area contributed by atoms with Crippen LogP contribution in [0.4, 0.5) is 0 Å². The van der Waals surface area contributed by atoms with E-state index in [-0.39, 0.29) is 12.5 Å². The molecule has 4 heteroatoms. The Morgan fingerprint density at radius 2 is 2.06 bits per heavy atom. The molecule has 0 amide bonds. The Bertz CT molecular complexity index is 351. The third-order valence-corrected chi connectivity index (χ3v) is 2.79. The smallest absolute Gasteiger partial charge is 0.319 e. The summed E-state index contributed by atoms with van der Waals surface area (Å²) in [5.74, 6) is -0.181. The van der Waals surface area contributed by atoms with Crippen LogP contribution in [0.2, 0.25) is 5.02 Å². The van der Waals surface area contributed by atoms with E-state index in [4.69, 9.17) is 16.3 Å². The lowest BCUT2D eigenvalue weighted by atomic mass is 10.1. The Morgan fingerprint density at radius 3 is 2.72 bits per heavy atom. The van der Waals surface area contributed by atoms with E-state index in [1.54, 1.807) is 0 Å². The molecule has 0 heterocycles. The molecule has 1 N–H and O–H groups in total. The molecule has 0 bridgehead atoms. The van der Waals surface area contributed by atoms with Crippen LogP contribution in [-0.4, -0.2) is 25.7 Å². The number of nitrogens with one attached hydrogen (secondary N) is 1. The molecule has 1 rings (SSSR count). The maximum atomic E-state index is 11.3. The predicted octanol–water partition coefficient (Wildman–Crippen LogP) is 2.82. The standard InChI is InChI=1S/C14H20ClNO2/c1-2-3-10-18-14(17)11-16-9-8-12-4-6-13(15)7-5-12/h4-7,16H,2-3,8-11H2,1H3. The number of carbonyl (C=O) groups is 1. The van der Waals surface area contributed by atoms with E-state index in [0.29, 0.717) is 6.61 Å². The third kappa shape index (κ3) is 6.62. The molecule has 1 aromatic carbocycles. The summed E-state index contributed by atoms with van der Waals surface area (Å²) in [7, 11) is 0. The number of benzene rings is 1. The van der Waals surface area contributed by atoms with Gasteiger partial charge >= 0.3 is 5.97 Å². The van der Waals surface area contributed by atoms with Crippen molar-refractivity contribution in [3.63, 3.8) is 0 Å². The molecule has 0 aliphatic heterocycles. The zero-order chi connectivity index (χ0) is 13.2. The van der Waals surface area contributed by atoms with Crippen LogP contribution in [-0.2, 0) is 16.0 Å². The monoisotopic (exact) mass is 269 g/mol. The first-order chi connectivity index (χ1) is 8.72. The van der Waals surface area contributed by atoms with Gasteiger partial charge in [-0.05, 0) is 37.1 Å². The first-order valence-corrected chi connectivity index (χ1v) is 6.71. The molecular formula is C14H20ClNO2. The zero-order valence-electron chi connectivity index (χ0n) is 10.7. The largest absolute Gasteiger partial charge is 0.465 e. The van der Waals surface area contributed by atoms with Crippen molar-refractivity contribution in [3.8, 4) is 0 Å². The topological polar surface area (TPSA) is 38.3 Å². The fraction of sp³-hybridized carbons (Fsp3) is 0.500. The molecule has 3 nitrogen and oxygen atoms in total. The van der Waals surface area contributed by atoms with Gasteiger partial charge in [0.2, 0.25) is 0 Å². The first kappa shape index (κ1) is 15.0. The molecular weight excluding hydrogens is 250 g/mol. The van der Waals surface area contributed by atoms with Gasteiger partial charge in [0.05, 0.1) is 13.2 Å². The van der Waals surface area contributed by atoms with E-state index in [9.17, 15) is 4.79 Å². The van der Waals surface area contributed by atoms with Crippen LogP contribution in [0.15, 0.2) is 24.3 Å². The fourth-order valence-electron chi connectivity index (χ4n) is 1.46. The maximum Gasteiger partial charge on any atom is 0.319 e. The number of hydrogen-bond donors (Lipinski definition) is 1. The lowest BCUT2D eigenvalue weighted by Crippen LogP contribution is -2.26. The molecule has 0 aliphatic rings. The van der Waals surface area contributed by atoms with Gasteiger partial charge in [-0.15, -0.1) is 0 Å². The number of carbonyl (C=O) groups excluding carboxylic acids is 1. The van der Waals surface area contributed by atoms with Crippen LogP contribution >= 0.6 is 11.6 Å². The van der Waals surface area contributed by atoms with Crippen LogP contribution in [0, 0.1) is 0 Å². The van der Waals surface area contributed by atoms with Crippen LogP contribution in [0.3, 0.4) is 0 Å². The highest BCUT2D eigenvalue weighted by Gasteiger charge is 2.01. The normalized spacial score (nSPS) is 10.3. The molecule has 0 saturated heterocycles. The minimum Gasteiger partial charge on any atom is -0.465 e. The van der Waals surface area contributed by atoms with Gasteiger partial charge in [0.1, 0.15) is 0 Å². The Morgan fingerprint density at radius 1 is 1.33 bits per heavy atom. The lowest BCUT2D eigenvalue weighted by Gasteiger charge is -2.06. The highest BCUT2D eigenvalue weighted by molar-refractivity contribution is 6.30. The molecule has 0 fully saturated rings. The van der Waals surface area contributed by atoms with Crippen molar-refractivity contribution in [2.75, 3.05) is 19.7 Å². The minimum atomic E-state index is -0.181. The molecule has 0 aliphatic carbocycles. The summed E-state index contributed by atoms with van der Waals surface area (Å²) < 4.78 is 5.03. The van der Waals surface area contributed by atoms with Crippen LogP contribution in [0.25, 0.3) is 0 Å². The van der Waals surface area contributed by atoms with E-state index >= 15 is 0 Å². The van der Waals surface area contributed by atoms with Crippen molar-refractivity contribution in [2.24, 2.45) is 0 Å². The summed E-state index contributed by atoms with van der Waals surface area (Å²) in [6.45, 7) is 3.62. The Balaban J connectivity index is 2.07. The van der Waals surface area contributed by atoms with Gasteiger partial charge in [-0.2, -0.15) is 0 Å². The Kier molecular flexibility index (Phi) is 7.46. The maximum absolute atomic E-state index is 11.3. The van der Waals surface area contributed by atoms with Crippen LogP contribution in [0.5, 0.6) is 0 Å². The van der Waals surface area contributed by atoms with E-state index in [2.05, 4.69) is 12.2 Å². The van der Waals surface area contributed by atoms with Crippen molar-refractivity contribution >= 4 is 17.6 Å². The number of ether oxygens (including phenoxy) is 1. The second-order valence-electron chi connectivity index (χ2n) is 4.13. The van der Waals surface area contributed by atoms with E-state index in [1.807, 2.05) is 24.3 Å². The van der Waals surface area contributed by atoms with E-state index < -0.39 is 0 Å². The van der Waals surface area contributed by atoms with E-state index in [1.165, 1.54) is 5.56 Å². The van der Waals surface area contributed by atoms with Gasteiger partial charge in [0.25, 0.3) is 0 Å². The molecule has 0 saturated carbocycles. The fourth-order valence-corrected chi connectivity index (χ4v) is 1.58. The number of esters is 1. The van der Waals surface area contributed by atoms with Gasteiger partial charge in [-0.1, -0.05) is 37.1 Å². The van der Waals surface area contributed by atoms with Gasteiger partial charge in [0, 0.05) is 5.02 Å². The van der Waals surface area contributed by atoms with Gasteiger partial charge < -0.3 is 10.1 Å². The van der Waals surface area contributed by atoms with Crippen molar-refractivity contribution < 1.29 is 9.53 Å². The number of unbranched alkanes of at least 4 members (excludes halogenated alkanes) is 1. The highest BCUT2D eigenvalue weighted by atomic mass is 35.5. The summed E-state index contributed by atoms with van der Waals surface area (Å²) >= 11 is 5.80. The molecule has 18 heavy (non-hydrogen) atoms. The molecule has 0 atom stereocenters. The zero-order valence-corrected chi connectivity index (χ0v) is 11.5. The Labute approximate surface area is 113 Å². The van der Waals surface area contributed by atoms with Crippen LogP contribution in [0.1, 0.15) is 25.3 Å². The molecule has 100 valence electrons. The SMILES string of the molecule is CCCCOC(=O)CNCCc1ccc(Cl)cc1. The number of rotatable bonds is 8. The van der Waals surface area contributed by atoms with Gasteiger partial charge in [0.15, 0.2) is 0 Å². The summed E-state index contributed by atoms with van der Waals surface area (Å²) in [6, 6.07) is 7.72. The predicted molar refractivity (Wildman–Crippen MR) is 73.9 cm³/mol. The van der Waals surface area contributed by atoms with Crippen molar-refractivity contribution in [1.82, 2.24) is 5.32 Å². The molecule has 1 aromatic rings. The molecule has 0 spiro atoms. The molecule has 0 aromatic heterocycles. The van der Waals surface area contributed by atoms with E-state index in [0.717, 1.165) is 30.8 Å². The second kappa shape index (κ2) is 8.95. The second-order valence-corrected chi connectivity index (χ2v) is 4.56. The van der Waals surface area contributed by atoms with Crippen molar-refractivity contribution in [2.45, 2.75) is 26.2 Å². The summed E-state index contributed by atoms with van der Waals surface area (Å²) in [5.41, 5.74) is 1.20. The number of halogens is 1. The van der Waals surface area contributed by atoms with Gasteiger partial charge in [-0.3, -0.25) is 4.79 Å². The molecule has 0 unspecified atom stereocenters. The van der Waals surface area contributed by atoms with Gasteiger partial charge in [-0.25, -0.2) is 0 Å². The van der Waals surface area contributed by atoms with Crippen molar-refractivity contribution in [1.29, 1.82) is 0 Å². The minimum absolute atomic E-state index is 0.181. The van der Waals surface area contributed by atoms with Crippen molar-refractivity contribution in [3.05, 3.63) is 34.9 Å². The molecule has 0 radical (unpaired) electrons. The summed E-state index contributed by atoms with van der Waals surface area (Å²) in [6.07, 6.45) is 2.84. The highest BCUT2D eigenvalue weighted by Crippen LogP contribution is 2.09. The number of hydrogen-bond acceptors (Lipinski definition) is 3. The Hall–Kier alpha value is -1.06. The van der Waals surface area contributed by atoms with Crippen LogP contribution < -0.4 is 5.32 Å². The summed E-state index contributed by atoms with van der Waals surface area (Å²) in [4.78, 5) is 11.3. The average Bonchev–Trinajstić information content (AvgIpc) is 2.37. The average molecular weight is 270 g/mol. The third-order valence-electron chi connectivity index (χ3n) is 2.53. The quantitative estimate of drug-likeness (QED) is 0.583. The lowest BCUT2D eigenvalue weighted by molar-refractivity contribution is -0.142.